The van der Waals surface area contributed by atoms with E-state index in [0.717, 1.165) is 5.69 Å². The normalized spacial score (nSPS) is 10.2. The second-order valence-electron chi connectivity index (χ2n) is 6.30. The molecule has 1 heterocycles. The highest BCUT2D eigenvalue weighted by Crippen LogP contribution is 2.21. The fourth-order valence-corrected chi connectivity index (χ4v) is 2.62. The third-order valence-corrected chi connectivity index (χ3v) is 3.98. The van der Waals surface area contributed by atoms with E-state index in [9.17, 15) is 9.59 Å². The molecule has 0 aliphatic heterocycles. The average molecular weight is 375 g/mol. The standard InChI is InChI=1S/C21H21N5O2/c1-14-13-19(25-21(22-14)26(3)18-7-5-4-6-8-18)20(28)24-17-11-9-16(10-12-17)23-15(2)27/h4-13H,1-3H3,(H,23,27)(H,24,28). The molecular weight excluding hydrogens is 354 g/mol. The number of carbonyl (C=O) groups is 2. The van der Waals surface area contributed by atoms with Gasteiger partial charge in [-0.2, -0.15) is 0 Å². The number of carbonyl (C=O) groups excluding carboxylic acids is 2. The van der Waals surface area contributed by atoms with Gasteiger partial charge in [0.1, 0.15) is 5.69 Å². The van der Waals surface area contributed by atoms with Crippen molar-refractivity contribution in [3.05, 3.63) is 72.1 Å². The van der Waals surface area contributed by atoms with Gasteiger partial charge in [0, 0.05) is 36.7 Å². The largest absolute Gasteiger partial charge is 0.326 e. The molecule has 0 fully saturated rings. The van der Waals surface area contributed by atoms with Crippen LogP contribution in [0, 0.1) is 6.92 Å². The zero-order valence-corrected chi connectivity index (χ0v) is 15.9. The van der Waals surface area contributed by atoms with Crippen LogP contribution in [0.5, 0.6) is 0 Å². The second-order valence-corrected chi connectivity index (χ2v) is 6.30. The Morgan fingerprint density at radius 1 is 0.893 bits per heavy atom. The van der Waals surface area contributed by atoms with Crippen LogP contribution >= 0.6 is 0 Å². The Morgan fingerprint density at radius 3 is 2.11 bits per heavy atom. The van der Waals surface area contributed by atoms with Gasteiger partial charge in [0.25, 0.3) is 5.91 Å². The number of rotatable bonds is 5. The van der Waals surface area contributed by atoms with Crippen LogP contribution in [0.3, 0.4) is 0 Å². The van der Waals surface area contributed by atoms with E-state index >= 15 is 0 Å². The maximum Gasteiger partial charge on any atom is 0.274 e. The Hall–Kier alpha value is -3.74. The summed E-state index contributed by atoms with van der Waals surface area (Å²) in [5.74, 6) is -0.0406. The molecular formula is C21H21N5O2. The van der Waals surface area contributed by atoms with Crippen molar-refractivity contribution in [1.82, 2.24) is 9.97 Å². The van der Waals surface area contributed by atoms with Crippen molar-refractivity contribution in [3.8, 4) is 0 Å². The topological polar surface area (TPSA) is 87.2 Å². The molecule has 2 N–H and O–H groups in total. The molecule has 0 radical (unpaired) electrons. The van der Waals surface area contributed by atoms with Crippen LogP contribution in [0.1, 0.15) is 23.1 Å². The van der Waals surface area contributed by atoms with Crippen LogP contribution < -0.4 is 15.5 Å². The molecule has 3 rings (SSSR count). The first-order valence-corrected chi connectivity index (χ1v) is 8.76. The van der Waals surface area contributed by atoms with Crippen molar-refractivity contribution in [2.45, 2.75) is 13.8 Å². The van der Waals surface area contributed by atoms with Gasteiger partial charge in [-0.3, -0.25) is 9.59 Å². The minimum atomic E-state index is -0.333. The van der Waals surface area contributed by atoms with E-state index in [1.165, 1.54) is 6.92 Å². The van der Waals surface area contributed by atoms with E-state index in [1.807, 2.05) is 49.2 Å². The fraction of sp³-hybridized carbons (Fsp3) is 0.143. The summed E-state index contributed by atoms with van der Waals surface area (Å²) in [7, 11) is 1.85. The summed E-state index contributed by atoms with van der Waals surface area (Å²) in [4.78, 5) is 34.4. The van der Waals surface area contributed by atoms with Gasteiger partial charge in [0.05, 0.1) is 0 Å². The van der Waals surface area contributed by atoms with E-state index in [-0.39, 0.29) is 17.5 Å². The highest BCUT2D eigenvalue weighted by molar-refractivity contribution is 6.03. The van der Waals surface area contributed by atoms with Gasteiger partial charge in [0.15, 0.2) is 0 Å². The molecule has 0 aliphatic rings. The minimum absolute atomic E-state index is 0.150. The van der Waals surface area contributed by atoms with Gasteiger partial charge in [-0.05, 0) is 49.4 Å². The molecule has 7 heteroatoms. The van der Waals surface area contributed by atoms with E-state index in [2.05, 4.69) is 20.6 Å². The van der Waals surface area contributed by atoms with Gasteiger partial charge < -0.3 is 15.5 Å². The van der Waals surface area contributed by atoms with Crippen LogP contribution in [0.4, 0.5) is 23.0 Å². The highest BCUT2D eigenvalue weighted by atomic mass is 16.2. The molecule has 3 aromatic rings. The molecule has 0 unspecified atom stereocenters. The quantitative estimate of drug-likeness (QED) is 0.709. The molecule has 0 bridgehead atoms. The van der Waals surface area contributed by atoms with Crippen molar-refractivity contribution in [2.75, 3.05) is 22.6 Å². The summed E-state index contributed by atoms with van der Waals surface area (Å²) in [5.41, 5.74) is 3.16. The lowest BCUT2D eigenvalue weighted by Gasteiger charge is -2.18. The lowest BCUT2D eigenvalue weighted by Crippen LogP contribution is -2.19. The Bertz CT molecular complexity index is 987. The summed E-state index contributed by atoms with van der Waals surface area (Å²) in [6.45, 7) is 3.26. The van der Waals surface area contributed by atoms with Crippen LogP contribution in [0.25, 0.3) is 0 Å². The molecule has 7 nitrogen and oxygen atoms in total. The number of hydrogen-bond acceptors (Lipinski definition) is 5. The Morgan fingerprint density at radius 2 is 1.50 bits per heavy atom. The first-order valence-electron chi connectivity index (χ1n) is 8.76. The number of aromatic nitrogens is 2. The van der Waals surface area contributed by atoms with Crippen LogP contribution in [-0.4, -0.2) is 28.8 Å². The number of nitrogens with one attached hydrogen (secondary N) is 2. The van der Waals surface area contributed by atoms with Gasteiger partial charge >= 0.3 is 0 Å². The number of hydrogen-bond donors (Lipinski definition) is 2. The number of aryl methyl sites for hydroxylation is 1. The van der Waals surface area contributed by atoms with Crippen molar-refractivity contribution >= 4 is 34.8 Å². The maximum absolute atomic E-state index is 12.7. The van der Waals surface area contributed by atoms with E-state index in [1.54, 1.807) is 30.3 Å². The summed E-state index contributed by atoms with van der Waals surface area (Å²) < 4.78 is 0. The fourth-order valence-electron chi connectivity index (χ4n) is 2.62. The van der Waals surface area contributed by atoms with E-state index in [4.69, 9.17) is 0 Å². The zero-order chi connectivity index (χ0) is 20.1. The number of anilines is 4. The zero-order valence-electron chi connectivity index (χ0n) is 15.9. The van der Waals surface area contributed by atoms with Gasteiger partial charge in [-0.1, -0.05) is 18.2 Å². The molecule has 0 spiro atoms. The van der Waals surface area contributed by atoms with Gasteiger partial charge in [-0.25, -0.2) is 9.97 Å². The first-order chi connectivity index (χ1) is 13.4. The first kappa shape index (κ1) is 19.0. The molecule has 28 heavy (non-hydrogen) atoms. The number of para-hydroxylation sites is 1. The molecule has 0 saturated carbocycles. The van der Waals surface area contributed by atoms with Gasteiger partial charge in [-0.15, -0.1) is 0 Å². The number of amides is 2. The van der Waals surface area contributed by atoms with Gasteiger partial charge in [0.2, 0.25) is 11.9 Å². The van der Waals surface area contributed by atoms with Crippen LogP contribution in [0.15, 0.2) is 60.7 Å². The SMILES string of the molecule is CC(=O)Nc1ccc(NC(=O)c2cc(C)nc(N(C)c3ccccc3)n2)cc1. The average Bonchev–Trinajstić information content (AvgIpc) is 2.68. The second kappa shape index (κ2) is 8.30. The summed E-state index contributed by atoms with van der Waals surface area (Å²) in [5, 5.41) is 5.49. The number of benzene rings is 2. The monoisotopic (exact) mass is 375 g/mol. The molecule has 0 saturated heterocycles. The lowest BCUT2D eigenvalue weighted by atomic mass is 10.2. The highest BCUT2D eigenvalue weighted by Gasteiger charge is 2.14. The van der Waals surface area contributed by atoms with Crippen molar-refractivity contribution in [2.24, 2.45) is 0 Å². The molecule has 142 valence electrons. The molecule has 2 amide bonds. The third kappa shape index (κ3) is 4.70. The Kier molecular flexibility index (Phi) is 5.64. The van der Waals surface area contributed by atoms with Crippen LogP contribution in [-0.2, 0) is 4.79 Å². The predicted molar refractivity (Wildman–Crippen MR) is 110 cm³/mol. The van der Waals surface area contributed by atoms with E-state index < -0.39 is 0 Å². The smallest absolute Gasteiger partial charge is 0.274 e. The minimum Gasteiger partial charge on any atom is -0.326 e. The maximum atomic E-state index is 12.7. The molecule has 2 aromatic carbocycles. The Labute approximate surface area is 163 Å². The molecule has 1 aromatic heterocycles. The summed E-state index contributed by atoms with van der Waals surface area (Å²) in [6.07, 6.45) is 0. The summed E-state index contributed by atoms with van der Waals surface area (Å²) in [6, 6.07) is 18.2. The number of nitrogens with zero attached hydrogens (tertiary/aromatic N) is 3. The van der Waals surface area contributed by atoms with Crippen molar-refractivity contribution < 1.29 is 9.59 Å². The summed E-state index contributed by atoms with van der Waals surface area (Å²) >= 11 is 0. The van der Waals surface area contributed by atoms with E-state index in [0.29, 0.717) is 23.0 Å². The predicted octanol–water partition coefficient (Wildman–Crippen LogP) is 3.76. The third-order valence-electron chi connectivity index (χ3n) is 3.98. The van der Waals surface area contributed by atoms with Crippen molar-refractivity contribution in [1.29, 1.82) is 0 Å². The lowest BCUT2D eigenvalue weighted by molar-refractivity contribution is -0.114. The van der Waals surface area contributed by atoms with Crippen molar-refractivity contribution in [3.63, 3.8) is 0 Å². The molecule has 0 atom stereocenters. The Balaban J connectivity index is 1.78. The van der Waals surface area contributed by atoms with Crippen LogP contribution in [0.2, 0.25) is 0 Å². The molecule has 0 aliphatic carbocycles.